The summed E-state index contributed by atoms with van der Waals surface area (Å²) in [4.78, 5) is 3.97. The zero-order valence-electron chi connectivity index (χ0n) is 41.7. The largest absolute Gasteiger partial charge is 0.357 e. The molecule has 1 heterocycles. The second-order valence-electron chi connectivity index (χ2n) is 19.6. The molecule has 0 aliphatic carbocycles. The minimum atomic E-state index is -3.49. The van der Waals surface area contributed by atoms with Gasteiger partial charge in [0.1, 0.15) is 11.4 Å². The van der Waals surface area contributed by atoms with Gasteiger partial charge in [-0.3, -0.25) is 4.99 Å². The number of hydrogen-bond donors (Lipinski definition) is 1. The van der Waals surface area contributed by atoms with E-state index < -0.39 is 134 Å². The first-order valence-electron chi connectivity index (χ1n) is 26.4. The minimum Gasteiger partial charge on any atom is -0.357 e. The topological polar surface area (TPSA) is 24.4 Å². The van der Waals surface area contributed by atoms with Gasteiger partial charge in [0, 0.05) is 0 Å². The molecule has 0 saturated carbocycles. The Kier molecular flexibility index (Phi) is 25.1. The first-order valence-corrected chi connectivity index (χ1v) is 26.4. The Morgan fingerprint density at radius 1 is 0.278 bits per heavy atom. The van der Waals surface area contributed by atoms with Crippen LogP contribution in [-0.2, 0) is 11.1 Å². The van der Waals surface area contributed by atoms with E-state index in [0.29, 0.717) is 25.7 Å². The highest BCUT2D eigenvalue weighted by atomic mass is 19.2. The second kappa shape index (κ2) is 29.8. The smallest absolute Gasteiger partial charge is 0.200 e. The molecule has 1 N–H and O–H groups in total. The molecular weight excluding hydrogens is 974 g/mol. The van der Waals surface area contributed by atoms with Gasteiger partial charge in [-0.05, 0) is 12.8 Å². The maximum absolute atomic E-state index is 16.5. The lowest BCUT2D eigenvalue weighted by Gasteiger charge is -2.46. The summed E-state index contributed by atoms with van der Waals surface area (Å²) in [5.41, 5.74) is -12.8. The SMILES string of the molecule is CCCCCCCCCCCCCCCCCC1(c2c(F)c(F)c(F)c(F)c2F)N=C(c2c(F)c(F)c(F)c(F)c2F)NC1(CCCCCCCCCCCCCCCCC)c1c(F)c(F)c(F)c(F)c1F. The molecule has 72 heavy (non-hydrogen) atoms. The van der Waals surface area contributed by atoms with Gasteiger partial charge in [-0.15, -0.1) is 0 Å². The Morgan fingerprint density at radius 3 is 0.819 bits per heavy atom. The molecular formula is C55H71F15N2. The lowest BCUT2D eigenvalue weighted by Crippen LogP contribution is -2.56. The number of hydrogen-bond acceptors (Lipinski definition) is 2. The molecule has 1 aliphatic rings. The molecule has 2 atom stereocenters. The summed E-state index contributed by atoms with van der Waals surface area (Å²) in [6.07, 6.45) is 22.2. The summed E-state index contributed by atoms with van der Waals surface area (Å²) in [6, 6.07) is 0. The third-order valence-electron chi connectivity index (χ3n) is 14.3. The molecule has 2 unspecified atom stereocenters. The van der Waals surface area contributed by atoms with Crippen molar-refractivity contribution in [3.8, 4) is 0 Å². The summed E-state index contributed by atoms with van der Waals surface area (Å²) in [5, 5.41) is 2.10. The van der Waals surface area contributed by atoms with E-state index in [0.717, 1.165) is 103 Å². The molecule has 17 heteroatoms. The van der Waals surface area contributed by atoms with Gasteiger partial charge in [-0.25, -0.2) is 65.9 Å². The van der Waals surface area contributed by atoms with E-state index >= 15 is 43.9 Å². The van der Waals surface area contributed by atoms with E-state index in [1.54, 1.807) is 0 Å². The van der Waals surface area contributed by atoms with Gasteiger partial charge in [0.25, 0.3) is 0 Å². The van der Waals surface area contributed by atoms with Gasteiger partial charge in [0.2, 0.25) is 17.5 Å². The number of halogens is 15. The minimum absolute atomic E-state index is 0.0500. The van der Waals surface area contributed by atoms with Crippen LogP contribution in [0.5, 0.6) is 0 Å². The van der Waals surface area contributed by atoms with Gasteiger partial charge < -0.3 is 5.32 Å². The second-order valence-corrected chi connectivity index (χ2v) is 19.6. The van der Waals surface area contributed by atoms with Crippen LogP contribution in [0.4, 0.5) is 65.9 Å². The number of amidine groups is 1. The normalized spacial score (nSPS) is 16.8. The number of benzene rings is 3. The molecule has 0 amide bonds. The van der Waals surface area contributed by atoms with Crippen molar-refractivity contribution in [2.24, 2.45) is 4.99 Å². The summed E-state index contributed by atoms with van der Waals surface area (Å²) in [6.45, 7) is 4.29. The van der Waals surface area contributed by atoms with E-state index in [2.05, 4.69) is 24.2 Å². The van der Waals surface area contributed by atoms with Gasteiger partial charge in [-0.1, -0.05) is 206 Å². The van der Waals surface area contributed by atoms with Crippen molar-refractivity contribution in [2.45, 2.75) is 230 Å². The van der Waals surface area contributed by atoms with Crippen molar-refractivity contribution >= 4 is 5.84 Å². The lowest BCUT2D eigenvalue weighted by molar-refractivity contribution is 0.152. The van der Waals surface area contributed by atoms with Crippen LogP contribution in [0, 0.1) is 87.3 Å². The molecule has 0 aromatic heterocycles. The van der Waals surface area contributed by atoms with Crippen LogP contribution >= 0.6 is 0 Å². The van der Waals surface area contributed by atoms with E-state index in [1.807, 2.05) is 0 Å². The maximum Gasteiger partial charge on any atom is 0.200 e. The molecule has 0 saturated heterocycles. The fourth-order valence-corrected chi connectivity index (χ4v) is 10.3. The van der Waals surface area contributed by atoms with Crippen molar-refractivity contribution in [3.63, 3.8) is 0 Å². The average Bonchev–Trinajstić information content (AvgIpc) is 3.68. The molecule has 4 rings (SSSR count). The Labute approximate surface area is 415 Å². The third-order valence-corrected chi connectivity index (χ3v) is 14.3. The van der Waals surface area contributed by atoms with Crippen molar-refractivity contribution in [2.75, 3.05) is 0 Å². The summed E-state index contributed by atoms with van der Waals surface area (Å²) in [5.74, 6) is -41.4. The first-order chi connectivity index (χ1) is 34.5. The number of aliphatic imine (C=N–C) groups is 1. The zero-order valence-corrected chi connectivity index (χ0v) is 41.7. The Bertz CT molecular complexity index is 2150. The molecule has 0 radical (unpaired) electrons. The molecule has 406 valence electrons. The monoisotopic (exact) mass is 1040 g/mol. The van der Waals surface area contributed by atoms with Gasteiger partial charge in [0.15, 0.2) is 69.8 Å². The highest BCUT2D eigenvalue weighted by molar-refractivity contribution is 6.02. The Balaban J connectivity index is 1.76. The number of nitrogens with one attached hydrogen (secondary N) is 1. The first kappa shape index (κ1) is 60.6. The lowest BCUT2D eigenvalue weighted by atomic mass is 9.64. The van der Waals surface area contributed by atoms with E-state index in [-0.39, 0.29) is 25.7 Å². The van der Waals surface area contributed by atoms with Gasteiger partial charge in [0.05, 0.1) is 22.2 Å². The Hall–Kier alpha value is -3.92. The van der Waals surface area contributed by atoms with Gasteiger partial charge >= 0.3 is 0 Å². The van der Waals surface area contributed by atoms with E-state index in [1.165, 1.54) is 38.5 Å². The van der Waals surface area contributed by atoms with Crippen molar-refractivity contribution < 1.29 is 65.9 Å². The maximum atomic E-state index is 16.5. The molecule has 0 fully saturated rings. The van der Waals surface area contributed by atoms with E-state index in [9.17, 15) is 22.0 Å². The van der Waals surface area contributed by atoms with Crippen LogP contribution in [0.1, 0.15) is 236 Å². The Morgan fingerprint density at radius 2 is 0.514 bits per heavy atom. The summed E-state index contributed by atoms with van der Waals surface area (Å²) < 4.78 is 233. The summed E-state index contributed by atoms with van der Waals surface area (Å²) >= 11 is 0. The molecule has 0 bridgehead atoms. The third kappa shape index (κ3) is 14.5. The fraction of sp³-hybridized carbons (Fsp3) is 0.655. The molecule has 0 spiro atoms. The zero-order chi connectivity index (χ0) is 53.0. The van der Waals surface area contributed by atoms with Gasteiger partial charge in [-0.2, -0.15) is 0 Å². The van der Waals surface area contributed by atoms with Crippen LogP contribution in [0.15, 0.2) is 4.99 Å². The molecule has 3 aromatic rings. The van der Waals surface area contributed by atoms with Crippen molar-refractivity contribution in [1.82, 2.24) is 5.32 Å². The van der Waals surface area contributed by atoms with Crippen LogP contribution in [0.25, 0.3) is 0 Å². The number of nitrogens with zero attached hydrogens (tertiary/aromatic N) is 1. The average molecular weight is 1050 g/mol. The van der Waals surface area contributed by atoms with E-state index in [4.69, 9.17) is 0 Å². The highest BCUT2D eigenvalue weighted by Crippen LogP contribution is 2.57. The highest BCUT2D eigenvalue weighted by Gasteiger charge is 2.63. The standard InChI is InChI=1S/C55H71F15N2/c1-3-5-7-9-11-13-15-17-19-21-23-25-27-29-31-33-54(36-40(58)46(64)51(69)47(65)41(36)59)55(37-42(60)48(66)52(70)49(67)43(37)61,72-53(71-54)35-38(56)44(62)50(68)45(63)39(35)57)34-32-30-28-26-24-22-20-18-16-14-12-10-8-6-4-2/h3-34H2,1-2H3,(H,71,72). The van der Waals surface area contributed by atoms with Crippen LogP contribution in [0.2, 0.25) is 0 Å². The number of unbranched alkanes of at least 4 members (excludes halogenated alkanes) is 28. The van der Waals surface area contributed by atoms with Crippen LogP contribution in [0.3, 0.4) is 0 Å². The van der Waals surface area contributed by atoms with Crippen LogP contribution < -0.4 is 5.32 Å². The molecule has 1 aliphatic heterocycles. The van der Waals surface area contributed by atoms with Crippen molar-refractivity contribution in [1.29, 1.82) is 0 Å². The fourth-order valence-electron chi connectivity index (χ4n) is 10.3. The molecule has 2 nitrogen and oxygen atoms in total. The summed E-state index contributed by atoms with van der Waals surface area (Å²) in [7, 11) is 0. The molecule has 3 aromatic carbocycles. The van der Waals surface area contributed by atoms with Crippen LogP contribution in [-0.4, -0.2) is 5.84 Å². The predicted octanol–water partition coefficient (Wildman–Crippen LogP) is 19.4. The van der Waals surface area contributed by atoms with Crippen molar-refractivity contribution in [3.05, 3.63) is 104 Å². The number of rotatable bonds is 35. The predicted molar refractivity (Wildman–Crippen MR) is 251 cm³/mol. The quantitative estimate of drug-likeness (QED) is 0.0270.